The summed E-state index contributed by atoms with van der Waals surface area (Å²) in [5, 5.41) is 9.94. The van der Waals surface area contributed by atoms with E-state index in [1.807, 2.05) is 6.07 Å². The molecule has 5 heteroatoms. The minimum Gasteiger partial charge on any atom is -0.243 e. The third-order valence-electron chi connectivity index (χ3n) is 2.22. The van der Waals surface area contributed by atoms with Crippen molar-refractivity contribution < 1.29 is 0 Å². The Morgan fingerprint density at radius 3 is 2.65 bits per heavy atom. The molecule has 84 valence electrons. The summed E-state index contributed by atoms with van der Waals surface area (Å²) in [5.41, 5.74) is 1.73. The normalized spacial score (nSPS) is 10.0. The Labute approximate surface area is 113 Å². The Bertz CT molecular complexity index is 618. The second-order valence-electron chi connectivity index (χ2n) is 3.28. The fourth-order valence-electron chi connectivity index (χ4n) is 1.40. The highest BCUT2D eigenvalue weighted by molar-refractivity contribution is 6.43. The van der Waals surface area contributed by atoms with Crippen molar-refractivity contribution in [1.82, 2.24) is 4.98 Å². The van der Waals surface area contributed by atoms with Crippen molar-refractivity contribution >= 4 is 34.8 Å². The Morgan fingerprint density at radius 2 is 1.94 bits per heavy atom. The van der Waals surface area contributed by atoms with Crippen LogP contribution in [0.3, 0.4) is 0 Å². The first-order chi connectivity index (χ1) is 8.13. The lowest BCUT2D eigenvalue weighted by atomic mass is 10.1. The largest absolute Gasteiger partial charge is 0.243 e. The van der Waals surface area contributed by atoms with Crippen LogP contribution in [-0.2, 0) is 0 Å². The van der Waals surface area contributed by atoms with Crippen LogP contribution in [0.15, 0.2) is 30.5 Å². The number of halogens is 3. The summed E-state index contributed by atoms with van der Waals surface area (Å²) in [6.07, 6.45) is 1.56. The predicted octanol–water partition coefficient (Wildman–Crippen LogP) is 4.58. The molecule has 2 aromatic rings. The summed E-state index contributed by atoms with van der Waals surface area (Å²) < 4.78 is 0. The standard InChI is InChI=1S/C12H5Cl3N2/c13-10-3-1-2-9(11(10)14)8-4-7(5-16)12(15)17-6-8/h1-4,6H. The number of nitriles is 1. The van der Waals surface area contributed by atoms with Gasteiger partial charge in [0.1, 0.15) is 11.2 Å². The van der Waals surface area contributed by atoms with Crippen molar-refractivity contribution in [3.63, 3.8) is 0 Å². The van der Waals surface area contributed by atoms with Crippen molar-refractivity contribution in [2.75, 3.05) is 0 Å². The maximum absolute atomic E-state index is 8.88. The van der Waals surface area contributed by atoms with Crippen LogP contribution in [0.2, 0.25) is 15.2 Å². The molecule has 2 nitrogen and oxygen atoms in total. The second-order valence-corrected chi connectivity index (χ2v) is 4.42. The van der Waals surface area contributed by atoms with Crippen LogP contribution in [0.1, 0.15) is 5.56 Å². The molecule has 17 heavy (non-hydrogen) atoms. The lowest BCUT2D eigenvalue weighted by Crippen LogP contribution is -1.87. The molecule has 0 atom stereocenters. The average molecular weight is 284 g/mol. The van der Waals surface area contributed by atoms with Gasteiger partial charge in [-0.2, -0.15) is 5.26 Å². The Balaban J connectivity index is 2.62. The summed E-state index contributed by atoms with van der Waals surface area (Å²) in [6.45, 7) is 0. The summed E-state index contributed by atoms with van der Waals surface area (Å²) >= 11 is 17.8. The lowest BCUT2D eigenvalue weighted by molar-refractivity contribution is 1.30. The Hall–Kier alpha value is -1.27. The SMILES string of the molecule is N#Cc1cc(-c2cccc(Cl)c2Cl)cnc1Cl. The van der Waals surface area contributed by atoms with Crippen LogP contribution in [0.4, 0.5) is 0 Å². The maximum atomic E-state index is 8.88. The molecular weight excluding hydrogens is 279 g/mol. The van der Waals surface area contributed by atoms with Crippen molar-refractivity contribution in [2.24, 2.45) is 0 Å². The summed E-state index contributed by atoms with van der Waals surface area (Å²) in [7, 11) is 0. The summed E-state index contributed by atoms with van der Waals surface area (Å²) in [5.74, 6) is 0. The summed E-state index contributed by atoms with van der Waals surface area (Å²) in [4.78, 5) is 3.94. The third-order valence-corrected chi connectivity index (χ3v) is 3.34. The number of nitrogens with zero attached hydrogens (tertiary/aromatic N) is 2. The van der Waals surface area contributed by atoms with Gasteiger partial charge in [-0.3, -0.25) is 0 Å². The van der Waals surface area contributed by atoms with E-state index in [4.69, 9.17) is 40.1 Å². The number of benzene rings is 1. The van der Waals surface area contributed by atoms with Crippen LogP contribution in [-0.4, -0.2) is 4.98 Å². The van der Waals surface area contributed by atoms with Crippen LogP contribution in [0.5, 0.6) is 0 Å². The summed E-state index contributed by atoms with van der Waals surface area (Å²) in [6, 6.07) is 8.88. The van der Waals surface area contributed by atoms with E-state index >= 15 is 0 Å². The van der Waals surface area contributed by atoms with Gasteiger partial charge >= 0.3 is 0 Å². The van der Waals surface area contributed by atoms with Crippen molar-refractivity contribution in [1.29, 1.82) is 5.26 Å². The number of hydrogen-bond donors (Lipinski definition) is 0. The topological polar surface area (TPSA) is 36.7 Å². The molecule has 1 aromatic carbocycles. The predicted molar refractivity (Wildman–Crippen MR) is 69.4 cm³/mol. The molecule has 0 radical (unpaired) electrons. The van der Waals surface area contributed by atoms with Gasteiger partial charge in [-0.25, -0.2) is 4.98 Å². The van der Waals surface area contributed by atoms with E-state index in [0.29, 0.717) is 21.2 Å². The molecule has 0 unspecified atom stereocenters. The van der Waals surface area contributed by atoms with Gasteiger partial charge in [0.2, 0.25) is 0 Å². The van der Waals surface area contributed by atoms with E-state index in [1.54, 1.807) is 30.5 Å². The van der Waals surface area contributed by atoms with Crippen LogP contribution < -0.4 is 0 Å². The second kappa shape index (κ2) is 4.93. The number of aromatic nitrogens is 1. The number of rotatable bonds is 1. The molecule has 0 aliphatic heterocycles. The molecule has 0 saturated heterocycles. The Morgan fingerprint density at radius 1 is 1.18 bits per heavy atom. The van der Waals surface area contributed by atoms with E-state index in [1.165, 1.54) is 0 Å². The van der Waals surface area contributed by atoms with Crippen LogP contribution >= 0.6 is 34.8 Å². The van der Waals surface area contributed by atoms with Gasteiger partial charge in [-0.05, 0) is 12.1 Å². The van der Waals surface area contributed by atoms with Gasteiger partial charge in [0.15, 0.2) is 0 Å². The molecule has 0 fully saturated rings. The van der Waals surface area contributed by atoms with Gasteiger partial charge in [0.05, 0.1) is 15.6 Å². The van der Waals surface area contributed by atoms with Gasteiger partial charge < -0.3 is 0 Å². The molecule has 2 rings (SSSR count). The first-order valence-corrected chi connectivity index (χ1v) is 5.77. The molecule has 0 bridgehead atoms. The molecule has 0 amide bonds. The third kappa shape index (κ3) is 2.37. The van der Waals surface area contributed by atoms with Crippen molar-refractivity contribution in [2.45, 2.75) is 0 Å². The fourth-order valence-corrected chi connectivity index (χ4v) is 1.96. The zero-order chi connectivity index (χ0) is 12.4. The Kier molecular flexibility index (Phi) is 3.54. The minimum absolute atomic E-state index is 0.175. The molecular formula is C12H5Cl3N2. The zero-order valence-corrected chi connectivity index (χ0v) is 10.7. The molecule has 0 spiro atoms. The molecule has 0 aliphatic carbocycles. The minimum atomic E-state index is 0.175. The van der Waals surface area contributed by atoms with Crippen LogP contribution in [0, 0.1) is 11.3 Å². The van der Waals surface area contributed by atoms with E-state index in [2.05, 4.69) is 4.98 Å². The zero-order valence-electron chi connectivity index (χ0n) is 8.42. The van der Waals surface area contributed by atoms with Crippen molar-refractivity contribution in [3.8, 4) is 17.2 Å². The van der Waals surface area contributed by atoms with Crippen molar-refractivity contribution in [3.05, 3.63) is 51.2 Å². The van der Waals surface area contributed by atoms with Gasteiger partial charge in [0.25, 0.3) is 0 Å². The number of pyridine rings is 1. The molecule has 1 aromatic heterocycles. The first-order valence-electron chi connectivity index (χ1n) is 4.63. The molecule has 0 aliphatic rings. The highest BCUT2D eigenvalue weighted by Gasteiger charge is 2.09. The molecule has 1 heterocycles. The smallest absolute Gasteiger partial charge is 0.146 e. The van der Waals surface area contributed by atoms with E-state index < -0.39 is 0 Å². The lowest BCUT2D eigenvalue weighted by Gasteiger charge is -2.06. The van der Waals surface area contributed by atoms with E-state index in [9.17, 15) is 0 Å². The van der Waals surface area contributed by atoms with Gasteiger partial charge in [-0.15, -0.1) is 0 Å². The molecule has 0 saturated carbocycles. The maximum Gasteiger partial charge on any atom is 0.146 e. The first kappa shape index (κ1) is 12.2. The van der Waals surface area contributed by atoms with E-state index in [-0.39, 0.29) is 5.15 Å². The fraction of sp³-hybridized carbons (Fsp3) is 0. The average Bonchev–Trinajstić information content (AvgIpc) is 2.34. The highest BCUT2D eigenvalue weighted by Crippen LogP contribution is 2.33. The van der Waals surface area contributed by atoms with Gasteiger partial charge in [-0.1, -0.05) is 46.9 Å². The van der Waals surface area contributed by atoms with Crippen LogP contribution in [0.25, 0.3) is 11.1 Å². The van der Waals surface area contributed by atoms with Gasteiger partial charge in [0, 0.05) is 17.3 Å². The number of hydrogen-bond acceptors (Lipinski definition) is 2. The highest BCUT2D eigenvalue weighted by atomic mass is 35.5. The quantitative estimate of drug-likeness (QED) is 0.718. The molecule has 0 N–H and O–H groups in total. The monoisotopic (exact) mass is 282 g/mol. The van der Waals surface area contributed by atoms with E-state index in [0.717, 1.165) is 5.56 Å².